The lowest BCUT2D eigenvalue weighted by Crippen LogP contribution is -2.21. The molecule has 0 aliphatic rings. The Balaban J connectivity index is 2.04. The fourth-order valence-corrected chi connectivity index (χ4v) is 3.43. The Hall–Kier alpha value is -1.36. The van der Waals surface area contributed by atoms with Crippen LogP contribution >= 0.6 is 0 Å². The Bertz CT molecular complexity index is 542. The summed E-state index contributed by atoms with van der Waals surface area (Å²) in [6.45, 7) is 2.23. The topological polar surface area (TPSA) is 58.5 Å². The lowest BCUT2D eigenvalue weighted by molar-refractivity contribution is 0.555. The first kappa shape index (κ1) is 20.7. The van der Waals surface area contributed by atoms with Crippen molar-refractivity contribution in [2.24, 2.45) is 5.10 Å². The minimum atomic E-state index is -3.31. The number of nitrogens with zero attached hydrogens (tertiary/aromatic N) is 1. The zero-order valence-electron chi connectivity index (χ0n) is 14.9. The van der Waals surface area contributed by atoms with Gasteiger partial charge in [-0.3, -0.25) is 0 Å². The number of hydrogen-bond acceptors (Lipinski definition) is 3. The van der Waals surface area contributed by atoms with Gasteiger partial charge >= 0.3 is 0 Å². The maximum Gasteiger partial charge on any atom is 0.247 e. The van der Waals surface area contributed by atoms with Crippen molar-refractivity contribution < 1.29 is 8.42 Å². The summed E-state index contributed by atoms with van der Waals surface area (Å²) in [4.78, 5) is 2.28. The van der Waals surface area contributed by atoms with Crippen LogP contribution < -0.4 is 4.83 Å². The molecule has 0 saturated carbocycles. The number of rotatable bonds is 14. The average Bonchev–Trinajstić information content (AvgIpc) is 2.57. The van der Waals surface area contributed by atoms with Gasteiger partial charge < -0.3 is 0 Å². The zero-order valence-corrected chi connectivity index (χ0v) is 15.7. The Kier molecular flexibility index (Phi) is 11.2. The largest absolute Gasteiger partial charge is 0.247 e. The second-order valence-electron chi connectivity index (χ2n) is 6.26. The van der Waals surface area contributed by atoms with Gasteiger partial charge in [0.1, 0.15) is 0 Å². The summed E-state index contributed by atoms with van der Waals surface area (Å²) in [5.74, 6) is 0.148. The summed E-state index contributed by atoms with van der Waals surface area (Å²) in [6.07, 6.45) is 13.4. The molecule has 136 valence electrons. The maximum atomic E-state index is 11.8. The molecule has 0 aliphatic carbocycles. The van der Waals surface area contributed by atoms with Gasteiger partial charge in [-0.15, -0.1) is 0 Å². The number of hydrogen-bond donors (Lipinski definition) is 1. The van der Waals surface area contributed by atoms with Crippen LogP contribution in [-0.4, -0.2) is 20.4 Å². The van der Waals surface area contributed by atoms with Gasteiger partial charge in [-0.2, -0.15) is 5.10 Å². The first-order valence-electron chi connectivity index (χ1n) is 9.21. The predicted octanol–water partition coefficient (Wildman–Crippen LogP) is 4.86. The lowest BCUT2D eigenvalue weighted by atomic mass is 10.1. The number of benzene rings is 1. The van der Waals surface area contributed by atoms with Crippen molar-refractivity contribution in [1.82, 2.24) is 4.83 Å². The Labute approximate surface area is 147 Å². The summed E-state index contributed by atoms with van der Waals surface area (Å²) in [7, 11) is -3.31. The van der Waals surface area contributed by atoms with Gasteiger partial charge in [0.05, 0.1) is 12.0 Å². The van der Waals surface area contributed by atoms with E-state index in [0.717, 1.165) is 18.4 Å². The summed E-state index contributed by atoms with van der Waals surface area (Å²) >= 11 is 0. The normalized spacial score (nSPS) is 11.9. The molecule has 0 unspecified atom stereocenters. The molecule has 4 nitrogen and oxygen atoms in total. The van der Waals surface area contributed by atoms with Crippen LogP contribution in [-0.2, 0) is 10.0 Å². The Morgan fingerprint density at radius 1 is 0.875 bits per heavy atom. The van der Waals surface area contributed by atoms with E-state index in [1.165, 1.54) is 51.2 Å². The molecule has 0 amide bonds. The molecule has 0 radical (unpaired) electrons. The molecule has 1 aromatic carbocycles. The monoisotopic (exact) mass is 352 g/mol. The van der Waals surface area contributed by atoms with Crippen molar-refractivity contribution in [2.45, 2.75) is 71.1 Å². The van der Waals surface area contributed by atoms with Crippen LogP contribution in [0.4, 0.5) is 0 Å². The highest BCUT2D eigenvalue weighted by Crippen LogP contribution is 2.10. The van der Waals surface area contributed by atoms with Gasteiger partial charge in [0.2, 0.25) is 10.0 Å². The maximum absolute atomic E-state index is 11.8. The van der Waals surface area contributed by atoms with Gasteiger partial charge in [0.15, 0.2) is 0 Å². The third-order valence-electron chi connectivity index (χ3n) is 3.97. The van der Waals surface area contributed by atoms with Crippen LogP contribution in [0.3, 0.4) is 0 Å². The quantitative estimate of drug-likeness (QED) is 0.295. The molecule has 0 bridgehead atoms. The van der Waals surface area contributed by atoms with Gasteiger partial charge in [-0.05, 0) is 12.0 Å². The molecule has 24 heavy (non-hydrogen) atoms. The highest BCUT2D eigenvalue weighted by molar-refractivity contribution is 7.89. The van der Waals surface area contributed by atoms with E-state index in [0.29, 0.717) is 6.42 Å². The fourth-order valence-electron chi connectivity index (χ4n) is 2.55. The van der Waals surface area contributed by atoms with E-state index >= 15 is 0 Å². The number of sulfonamides is 1. The smallest absolute Gasteiger partial charge is 0.205 e. The summed E-state index contributed by atoms with van der Waals surface area (Å²) in [5.41, 5.74) is 0.874. The molecule has 1 N–H and O–H groups in total. The van der Waals surface area contributed by atoms with Gasteiger partial charge in [0.25, 0.3) is 0 Å². The average molecular weight is 353 g/mol. The standard InChI is InChI=1S/C19H32N2O2S/c1-2-3-4-5-6-7-8-9-10-14-17-24(22,23)21-20-18-19-15-12-11-13-16-19/h11-13,15-16,18,21H,2-10,14,17H2,1H3/b20-18-. The molecule has 0 fully saturated rings. The molecule has 0 aromatic heterocycles. The predicted molar refractivity (Wildman–Crippen MR) is 103 cm³/mol. The number of unbranched alkanes of at least 4 members (excludes halogenated alkanes) is 9. The van der Waals surface area contributed by atoms with Crippen LogP contribution in [0.25, 0.3) is 0 Å². The summed E-state index contributed by atoms with van der Waals surface area (Å²) in [5, 5.41) is 3.81. The van der Waals surface area contributed by atoms with Gasteiger partial charge in [-0.25, -0.2) is 13.2 Å². The Morgan fingerprint density at radius 3 is 2.00 bits per heavy atom. The van der Waals surface area contributed by atoms with E-state index in [2.05, 4.69) is 16.9 Å². The molecule has 5 heteroatoms. The molecular weight excluding hydrogens is 320 g/mol. The first-order chi connectivity index (χ1) is 11.6. The van der Waals surface area contributed by atoms with Crippen LogP contribution in [0, 0.1) is 0 Å². The molecule has 0 atom stereocenters. The number of nitrogens with one attached hydrogen (secondary N) is 1. The summed E-state index contributed by atoms with van der Waals surface area (Å²) in [6, 6.07) is 9.44. The Morgan fingerprint density at radius 2 is 1.42 bits per heavy atom. The van der Waals surface area contributed by atoms with Gasteiger partial charge in [-0.1, -0.05) is 95.0 Å². The summed E-state index contributed by atoms with van der Waals surface area (Å²) < 4.78 is 23.7. The zero-order chi connectivity index (χ0) is 17.5. The number of hydrazone groups is 1. The highest BCUT2D eigenvalue weighted by Gasteiger charge is 2.07. The highest BCUT2D eigenvalue weighted by atomic mass is 32.2. The van der Waals surface area contributed by atoms with Crippen molar-refractivity contribution in [3.05, 3.63) is 35.9 Å². The van der Waals surface area contributed by atoms with E-state index < -0.39 is 10.0 Å². The van der Waals surface area contributed by atoms with Crippen LogP contribution in [0.1, 0.15) is 76.7 Å². The fraction of sp³-hybridized carbons (Fsp3) is 0.632. The van der Waals surface area contributed by atoms with Crippen LogP contribution in [0.5, 0.6) is 0 Å². The van der Waals surface area contributed by atoms with E-state index in [-0.39, 0.29) is 5.75 Å². The van der Waals surface area contributed by atoms with Crippen molar-refractivity contribution >= 4 is 16.2 Å². The SMILES string of the molecule is CCCCCCCCCCCCS(=O)(=O)N/N=C\c1ccccc1. The van der Waals surface area contributed by atoms with Crippen molar-refractivity contribution in [3.8, 4) is 0 Å². The van der Waals surface area contributed by atoms with Crippen LogP contribution in [0.2, 0.25) is 0 Å². The third kappa shape index (κ3) is 11.2. The third-order valence-corrected chi connectivity index (χ3v) is 5.18. The molecule has 1 aromatic rings. The van der Waals surface area contributed by atoms with Gasteiger partial charge in [0, 0.05) is 0 Å². The van der Waals surface area contributed by atoms with Crippen LogP contribution in [0.15, 0.2) is 35.4 Å². The molecular formula is C19H32N2O2S. The van der Waals surface area contributed by atoms with E-state index in [9.17, 15) is 8.42 Å². The molecule has 0 saturated heterocycles. The van der Waals surface area contributed by atoms with E-state index in [1.807, 2.05) is 30.3 Å². The van der Waals surface area contributed by atoms with Crippen molar-refractivity contribution in [3.63, 3.8) is 0 Å². The molecule has 0 aliphatic heterocycles. The minimum Gasteiger partial charge on any atom is -0.205 e. The van der Waals surface area contributed by atoms with Crippen molar-refractivity contribution in [1.29, 1.82) is 0 Å². The van der Waals surface area contributed by atoms with E-state index in [1.54, 1.807) is 0 Å². The lowest BCUT2D eigenvalue weighted by Gasteiger charge is -2.04. The van der Waals surface area contributed by atoms with E-state index in [4.69, 9.17) is 0 Å². The second kappa shape index (κ2) is 13.0. The second-order valence-corrected chi connectivity index (χ2v) is 8.08. The minimum absolute atomic E-state index is 0.148. The molecule has 0 spiro atoms. The first-order valence-corrected chi connectivity index (χ1v) is 10.9. The molecule has 1 rings (SSSR count). The molecule has 0 heterocycles. The van der Waals surface area contributed by atoms with Crippen molar-refractivity contribution in [2.75, 3.05) is 5.75 Å².